The van der Waals surface area contributed by atoms with E-state index >= 15 is 0 Å². The Morgan fingerprint density at radius 1 is 1.57 bits per heavy atom. The number of nitrogens with zero attached hydrogens (tertiary/aromatic N) is 1. The van der Waals surface area contributed by atoms with Gasteiger partial charge in [-0.3, -0.25) is 14.6 Å². The van der Waals surface area contributed by atoms with Crippen LogP contribution in [0.5, 0.6) is 0 Å². The van der Waals surface area contributed by atoms with E-state index in [1.807, 2.05) is 0 Å². The molecule has 1 aromatic rings. The minimum Gasteiger partial charge on any atom is -0.326 e. The molecule has 0 spiro atoms. The molecule has 110 valence electrons. The van der Waals surface area contributed by atoms with E-state index in [0.717, 1.165) is 0 Å². The molecule has 2 N–H and O–H groups in total. The van der Waals surface area contributed by atoms with Crippen molar-refractivity contribution in [3.05, 3.63) is 41.9 Å². The number of amidine groups is 1. The SMILES string of the molecule is C=CCN=C1NC(=O)[C@@H](CC(=O)Nc2cccc(Cl)c2)S1. The zero-order valence-corrected chi connectivity index (χ0v) is 12.7. The summed E-state index contributed by atoms with van der Waals surface area (Å²) in [6.07, 6.45) is 1.72. The van der Waals surface area contributed by atoms with Crippen LogP contribution in [0, 0.1) is 0 Å². The van der Waals surface area contributed by atoms with Gasteiger partial charge in [-0.25, -0.2) is 0 Å². The van der Waals surface area contributed by atoms with E-state index in [9.17, 15) is 9.59 Å². The smallest absolute Gasteiger partial charge is 0.240 e. The highest BCUT2D eigenvalue weighted by Gasteiger charge is 2.31. The summed E-state index contributed by atoms with van der Waals surface area (Å²) in [6.45, 7) is 3.99. The van der Waals surface area contributed by atoms with Gasteiger partial charge in [0.1, 0.15) is 5.25 Å². The maximum absolute atomic E-state index is 11.9. The lowest BCUT2D eigenvalue weighted by atomic mass is 10.2. The molecule has 1 saturated heterocycles. The average molecular weight is 324 g/mol. The molecule has 5 nitrogen and oxygen atoms in total. The molecule has 2 rings (SSSR count). The van der Waals surface area contributed by atoms with Crippen LogP contribution >= 0.6 is 23.4 Å². The highest BCUT2D eigenvalue weighted by Crippen LogP contribution is 2.23. The minimum atomic E-state index is -0.465. The lowest BCUT2D eigenvalue weighted by Crippen LogP contribution is -2.28. The van der Waals surface area contributed by atoms with Gasteiger partial charge in [-0.15, -0.1) is 6.58 Å². The number of nitrogens with one attached hydrogen (secondary N) is 2. The number of hydrogen-bond donors (Lipinski definition) is 2. The molecule has 1 aromatic carbocycles. The molecule has 0 radical (unpaired) electrons. The molecular formula is C14H14ClN3O2S. The van der Waals surface area contributed by atoms with Crippen LogP contribution in [0.4, 0.5) is 5.69 Å². The molecule has 21 heavy (non-hydrogen) atoms. The summed E-state index contributed by atoms with van der Waals surface area (Å²) in [5, 5.41) is 5.96. The number of thioether (sulfide) groups is 1. The monoisotopic (exact) mass is 323 g/mol. The molecule has 1 aliphatic heterocycles. The van der Waals surface area contributed by atoms with Crippen molar-refractivity contribution >= 4 is 46.0 Å². The molecule has 2 amide bonds. The number of aliphatic imine (C=N–C) groups is 1. The summed E-state index contributed by atoms with van der Waals surface area (Å²) in [4.78, 5) is 27.8. The lowest BCUT2D eigenvalue weighted by molar-refractivity contribution is -0.122. The Morgan fingerprint density at radius 3 is 3.10 bits per heavy atom. The van der Waals surface area contributed by atoms with E-state index in [0.29, 0.717) is 22.4 Å². The molecule has 1 aliphatic rings. The Balaban J connectivity index is 1.91. The topological polar surface area (TPSA) is 70.6 Å². The normalized spacial score (nSPS) is 19.4. The van der Waals surface area contributed by atoms with Gasteiger partial charge in [-0.1, -0.05) is 35.5 Å². The van der Waals surface area contributed by atoms with Gasteiger partial charge in [-0.2, -0.15) is 0 Å². The van der Waals surface area contributed by atoms with Crippen molar-refractivity contribution in [2.24, 2.45) is 4.99 Å². The van der Waals surface area contributed by atoms with Crippen molar-refractivity contribution < 1.29 is 9.59 Å². The summed E-state index contributed by atoms with van der Waals surface area (Å²) in [5.41, 5.74) is 0.608. The first kappa shape index (κ1) is 15.6. The second-order valence-electron chi connectivity index (χ2n) is 4.29. The summed E-state index contributed by atoms with van der Waals surface area (Å²) < 4.78 is 0. The largest absolute Gasteiger partial charge is 0.326 e. The molecule has 1 fully saturated rings. The molecule has 0 bridgehead atoms. The van der Waals surface area contributed by atoms with E-state index in [2.05, 4.69) is 22.2 Å². The standard InChI is InChI=1S/C14H14ClN3O2S/c1-2-6-16-14-18-13(20)11(21-14)8-12(19)17-10-5-3-4-9(15)7-10/h2-5,7,11H,1,6,8H2,(H,17,19)(H,16,18,20)/t11-/m1/s1. The van der Waals surface area contributed by atoms with Crippen molar-refractivity contribution in [2.45, 2.75) is 11.7 Å². The Labute approximate surface area is 131 Å². The van der Waals surface area contributed by atoms with Gasteiger partial charge in [-0.05, 0) is 18.2 Å². The van der Waals surface area contributed by atoms with Gasteiger partial charge in [0.25, 0.3) is 0 Å². The second kappa shape index (κ2) is 7.28. The van der Waals surface area contributed by atoms with Crippen molar-refractivity contribution in [2.75, 3.05) is 11.9 Å². The summed E-state index contributed by atoms with van der Waals surface area (Å²) >= 11 is 7.10. The Hall–Kier alpha value is -1.79. The van der Waals surface area contributed by atoms with Crippen LogP contribution in [0.25, 0.3) is 0 Å². The molecule has 7 heteroatoms. The predicted molar refractivity (Wildman–Crippen MR) is 86.7 cm³/mol. The lowest BCUT2D eigenvalue weighted by Gasteiger charge is -2.07. The minimum absolute atomic E-state index is 0.0795. The van der Waals surface area contributed by atoms with Crippen LogP contribution in [0.2, 0.25) is 5.02 Å². The first-order valence-electron chi connectivity index (χ1n) is 6.27. The quantitative estimate of drug-likeness (QED) is 0.818. The summed E-state index contributed by atoms with van der Waals surface area (Å²) in [7, 11) is 0. The first-order valence-corrected chi connectivity index (χ1v) is 7.52. The van der Waals surface area contributed by atoms with E-state index < -0.39 is 5.25 Å². The Morgan fingerprint density at radius 2 is 2.38 bits per heavy atom. The van der Waals surface area contributed by atoms with Crippen molar-refractivity contribution in [3.8, 4) is 0 Å². The van der Waals surface area contributed by atoms with Gasteiger partial charge in [0.2, 0.25) is 11.8 Å². The molecule has 0 aliphatic carbocycles. The molecule has 1 heterocycles. The zero-order valence-electron chi connectivity index (χ0n) is 11.1. The average Bonchev–Trinajstić information content (AvgIpc) is 2.77. The van der Waals surface area contributed by atoms with Crippen LogP contribution < -0.4 is 10.6 Å². The molecule has 0 unspecified atom stereocenters. The number of carbonyl (C=O) groups excluding carboxylic acids is 2. The maximum Gasteiger partial charge on any atom is 0.240 e. The van der Waals surface area contributed by atoms with Crippen LogP contribution in [0.1, 0.15) is 6.42 Å². The Bertz CT molecular complexity index is 604. The summed E-state index contributed by atoms with van der Waals surface area (Å²) in [6, 6.07) is 6.86. The Kier molecular flexibility index (Phi) is 5.41. The predicted octanol–water partition coefficient (Wildman–Crippen LogP) is 2.44. The zero-order chi connectivity index (χ0) is 15.2. The van der Waals surface area contributed by atoms with E-state index in [-0.39, 0.29) is 18.2 Å². The molecule has 0 aromatic heterocycles. The van der Waals surface area contributed by atoms with Crippen LogP contribution in [0.3, 0.4) is 0 Å². The number of hydrogen-bond acceptors (Lipinski definition) is 4. The van der Waals surface area contributed by atoms with Gasteiger partial charge in [0, 0.05) is 17.1 Å². The maximum atomic E-state index is 11.9. The third kappa shape index (κ3) is 4.61. The van der Waals surface area contributed by atoms with E-state index in [4.69, 9.17) is 11.6 Å². The fourth-order valence-corrected chi connectivity index (χ4v) is 2.88. The highest BCUT2D eigenvalue weighted by molar-refractivity contribution is 8.15. The van der Waals surface area contributed by atoms with Crippen LogP contribution in [-0.4, -0.2) is 28.8 Å². The number of carbonyl (C=O) groups is 2. The molecule has 0 saturated carbocycles. The second-order valence-corrected chi connectivity index (χ2v) is 5.92. The first-order chi connectivity index (χ1) is 10.1. The van der Waals surface area contributed by atoms with E-state index in [1.165, 1.54) is 11.8 Å². The fraction of sp³-hybridized carbons (Fsp3) is 0.214. The third-order valence-electron chi connectivity index (χ3n) is 2.62. The number of halogens is 1. The van der Waals surface area contributed by atoms with Crippen LogP contribution in [-0.2, 0) is 9.59 Å². The number of rotatable bonds is 5. The molecule has 1 atom stereocenters. The highest BCUT2D eigenvalue weighted by atomic mass is 35.5. The number of anilines is 1. The summed E-state index contributed by atoms with van der Waals surface area (Å²) in [5.74, 6) is -0.445. The van der Waals surface area contributed by atoms with Crippen molar-refractivity contribution in [3.63, 3.8) is 0 Å². The third-order valence-corrected chi connectivity index (χ3v) is 3.97. The number of amides is 2. The van der Waals surface area contributed by atoms with E-state index in [1.54, 1.807) is 30.3 Å². The van der Waals surface area contributed by atoms with Crippen molar-refractivity contribution in [1.82, 2.24) is 5.32 Å². The number of benzene rings is 1. The van der Waals surface area contributed by atoms with Crippen LogP contribution in [0.15, 0.2) is 41.9 Å². The van der Waals surface area contributed by atoms with Gasteiger partial charge < -0.3 is 10.6 Å². The van der Waals surface area contributed by atoms with Crippen molar-refractivity contribution in [1.29, 1.82) is 0 Å². The molecular weight excluding hydrogens is 310 g/mol. The van der Waals surface area contributed by atoms with Gasteiger partial charge in [0.15, 0.2) is 5.17 Å². The van der Waals surface area contributed by atoms with Gasteiger partial charge >= 0.3 is 0 Å². The fourth-order valence-electron chi connectivity index (χ4n) is 1.71. The van der Waals surface area contributed by atoms with Gasteiger partial charge in [0.05, 0.1) is 6.54 Å².